The van der Waals surface area contributed by atoms with Crippen LogP contribution in [0.3, 0.4) is 0 Å². The summed E-state index contributed by atoms with van der Waals surface area (Å²) in [4.78, 5) is 4.66. The molecule has 4 nitrogen and oxygen atoms in total. The maximum atomic E-state index is 13.9. The molecule has 0 radical (unpaired) electrons. The SMILES string of the molecule is COCCN1CCN(Cc2ccc(C#N)cc2F)CC1C. The van der Waals surface area contributed by atoms with Crippen LogP contribution in [0.25, 0.3) is 0 Å². The lowest BCUT2D eigenvalue weighted by atomic mass is 10.1. The fourth-order valence-electron chi connectivity index (χ4n) is 2.74. The van der Waals surface area contributed by atoms with Crippen LogP contribution in [0.5, 0.6) is 0 Å². The lowest BCUT2D eigenvalue weighted by molar-refractivity contribution is 0.0553. The number of benzene rings is 1. The standard InChI is InChI=1S/C16H22FN3O/c1-13-11-19(5-6-20(13)7-8-21-2)12-15-4-3-14(10-18)9-16(15)17/h3-4,9,13H,5-8,11-12H2,1-2H3. The number of piperazine rings is 1. The molecule has 1 aliphatic rings. The van der Waals surface area contributed by atoms with Crippen molar-refractivity contribution < 1.29 is 9.13 Å². The molecule has 0 aromatic heterocycles. The predicted octanol–water partition coefficient (Wildman–Crippen LogP) is 1.85. The number of methoxy groups -OCH3 is 1. The van der Waals surface area contributed by atoms with E-state index in [-0.39, 0.29) is 5.82 Å². The van der Waals surface area contributed by atoms with Gasteiger partial charge in [0.25, 0.3) is 0 Å². The van der Waals surface area contributed by atoms with Gasteiger partial charge in [0.2, 0.25) is 0 Å². The van der Waals surface area contributed by atoms with E-state index in [9.17, 15) is 4.39 Å². The zero-order chi connectivity index (χ0) is 15.2. The minimum absolute atomic E-state index is 0.288. The van der Waals surface area contributed by atoms with E-state index in [1.165, 1.54) is 6.07 Å². The van der Waals surface area contributed by atoms with Crippen molar-refractivity contribution in [3.8, 4) is 6.07 Å². The Morgan fingerprint density at radius 1 is 1.43 bits per heavy atom. The molecule has 2 rings (SSSR count). The normalized spacial score (nSPS) is 20.4. The molecule has 1 aromatic rings. The first-order valence-electron chi connectivity index (χ1n) is 7.28. The number of ether oxygens (including phenoxy) is 1. The molecule has 0 aliphatic carbocycles. The number of hydrogen-bond acceptors (Lipinski definition) is 4. The van der Waals surface area contributed by atoms with Crippen molar-refractivity contribution >= 4 is 0 Å². The lowest BCUT2D eigenvalue weighted by Gasteiger charge is -2.39. The zero-order valence-corrected chi connectivity index (χ0v) is 12.7. The van der Waals surface area contributed by atoms with Gasteiger partial charge in [-0.15, -0.1) is 0 Å². The summed E-state index contributed by atoms with van der Waals surface area (Å²) in [6, 6.07) is 7.11. The molecule has 0 bridgehead atoms. The van der Waals surface area contributed by atoms with Gasteiger partial charge in [-0.3, -0.25) is 9.80 Å². The van der Waals surface area contributed by atoms with Gasteiger partial charge in [0, 0.05) is 51.4 Å². The first-order chi connectivity index (χ1) is 10.1. The van der Waals surface area contributed by atoms with Gasteiger partial charge >= 0.3 is 0 Å². The van der Waals surface area contributed by atoms with Crippen molar-refractivity contribution in [2.24, 2.45) is 0 Å². The van der Waals surface area contributed by atoms with Crippen LogP contribution in [-0.4, -0.2) is 55.7 Å². The summed E-state index contributed by atoms with van der Waals surface area (Å²) in [6.07, 6.45) is 0. The zero-order valence-electron chi connectivity index (χ0n) is 12.7. The third-order valence-electron chi connectivity index (χ3n) is 4.01. The lowest BCUT2D eigenvalue weighted by Crippen LogP contribution is -2.52. The summed E-state index contributed by atoms with van der Waals surface area (Å²) in [7, 11) is 1.72. The van der Waals surface area contributed by atoms with E-state index < -0.39 is 0 Å². The highest BCUT2D eigenvalue weighted by atomic mass is 19.1. The Balaban J connectivity index is 1.92. The Kier molecular flexibility index (Phi) is 5.68. The number of hydrogen-bond donors (Lipinski definition) is 0. The number of nitriles is 1. The van der Waals surface area contributed by atoms with Crippen molar-refractivity contribution in [3.63, 3.8) is 0 Å². The van der Waals surface area contributed by atoms with Crippen molar-refractivity contribution in [3.05, 3.63) is 35.1 Å². The third-order valence-corrected chi connectivity index (χ3v) is 4.01. The molecule has 0 saturated carbocycles. The van der Waals surface area contributed by atoms with Crippen molar-refractivity contribution in [1.82, 2.24) is 9.80 Å². The van der Waals surface area contributed by atoms with E-state index in [0.717, 1.165) is 32.8 Å². The first kappa shape index (κ1) is 15.9. The van der Waals surface area contributed by atoms with Gasteiger partial charge < -0.3 is 4.74 Å². The maximum Gasteiger partial charge on any atom is 0.129 e. The van der Waals surface area contributed by atoms with E-state index >= 15 is 0 Å². The Bertz CT molecular complexity index is 515. The molecular weight excluding hydrogens is 269 g/mol. The molecular formula is C16H22FN3O. The van der Waals surface area contributed by atoms with Gasteiger partial charge in [-0.25, -0.2) is 4.39 Å². The summed E-state index contributed by atoms with van der Waals surface area (Å²) >= 11 is 0. The highest BCUT2D eigenvalue weighted by Crippen LogP contribution is 2.16. The summed E-state index contributed by atoms with van der Waals surface area (Å²) < 4.78 is 19.0. The topological polar surface area (TPSA) is 39.5 Å². The molecule has 5 heteroatoms. The molecule has 1 unspecified atom stereocenters. The molecule has 1 aromatic carbocycles. The average Bonchev–Trinajstić information content (AvgIpc) is 2.48. The van der Waals surface area contributed by atoms with Crippen LogP contribution in [0.1, 0.15) is 18.1 Å². The Morgan fingerprint density at radius 3 is 2.86 bits per heavy atom. The molecule has 0 amide bonds. The molecule has 0 spiro atoms. The first-order valence-corrected chi connectivity index (χ1v) is 7.28. The largest absolute Gasteiger partial charge is 0.383 e. The second kappa shape index (κ2) is 7.51. The van der Waals surface area contributed by atoms with E-state index in [4.69, 9.17) is 10.00 Å². The van der Waals surface area contributed by atoms with Gasteiger partial charge in [-0.1, -0.05) is 6.07 Å². The fraction of sp³-hybridized carbons (Fsp3) is 0.562. The molecule has 0 N–H and O–H groups in total. The minimum atomic E-state index is -0.288. The molecule has 1 atom stereocenters. The van der Waals surface area contributed by atoms with Crippen LogP contribution in [-0.2, 0) is 11.3 Å². The summed E-state index contributed by atoms with van der Waals surface area (Å²) in [5, 5.41) is 8.77. The van der Waals surface area contributed by atoms with Crippen LogP contribution in [0.2, 0.25) is 0 Å². The smallest absolute Gasteiger partial charge is 0.129 e. The van der Waals surface area contributed by atoms with E-state index in [2.05, 4.69) is 16.7 Å². The van der Waals surface area contributed by atoms with Gasteiger partial charge in [-0.2, -0.15) is 5.26 Å². The van der Waals surface area contributed by atoms with E-state index in [1.54, 1.807) is 19.2 Å². The molecule has 1 heterocycles. The fourth-order valence-corrected chi connectivity index (χ4v) is 2.74. The molecule has 1 fully saturated rings. The monoisotopic (exact) mass is 291 g/mol. The Hall–Kier alpha value is -1.48. The highest BCUT2D eigenvalue weighted by molar-refractivity contribution is 5.32. The summed E-state index contributed by atoms with van der Waals surface area (Å²) in [5.74, 6) is -0.288. The van der Waals surface area contributed by atoms with Crippen molar-refractivity contribution in [2.75, 3.05) is 39.9 Å². The van der Waals surface area contributed by atoms with Gasteiger partial charge in [-0.05, 0) is 19.1 Å². The second-order valence-corrected chi connectivity index (χ2v) is 5.53. The van der Waals surface area contributed by atoms with E-state index in [1.807, 2.05) is 6.07 Å². The highest BCUT2D eigenvalue weighted by Gasteiger charge is 2.23. The van der Waals surface area contributed by atoms with Crippen LogP contribution in [0.15, 0.2) is 18.2 Å². The minimum Gasteiger partial charge on any atom is -0.383 e. The Labute approximate surface area is 125 Å². The van der Waals surface area contributed by atoms with Gasteiger partial charge in [0.1, 0.15) is 5.82 Å². The van der Waals surface area contributed by atoms with Crippen molar-refractivity contribution in [2.45, 2.75) is 19.5 Å². The maximum absolute atomic E-state index is 13.9. The summed E-state index contributed by atoms with van der Waals surface area (Å²) in [6.45, 7) is 7.29. The van der Waals surface area contributed by atoms with Gasteiger partial charge in [0.15, 0.2) is 0 Å². The molecule has 1 aliphatic heterocycles. The van der Waals surface area contributed by atoms with Crippen LogP contribution < -0.4 is 0 Å². The number of nitrogens with zero attached hydrogens (tertiary/aromatic N) is 3. The predicted molar refractivity (Wildman–Crippen MR) is 79.3 cm³/mol. The molecule has 114 valence electrons. The average molecular weight is 291 g/mol. The third kappa shape index (κ3) is 4.24. The summed E-state index contributed by atoms with van der Waals surface area (Å²) in [5.41, 5.74) is 1.03. The number of rotatable bonds is 5. The second-order valence-electron chi connectivity index (χ2n) is 5.53. The number of halogens is 1. The van der Waals surface area contributed by atoms with Crippen LogP contribution in [0.4, 0.5) is 4.39 Å². The van der Waals surface area contributed by atoms with Crippen molar-refractivity contribution in [1.29, 1.82) is 5.26 Å². The van der Waals surface area contributed by atoms with E-state index in [0.29, 0.717) is 23.7 Å². The molecule has 1 saturated heterocycles. The Morgan fingerprint density at radius 2 is 2.24 bits per heavy atom. The quantitative estimate of drug-likeness (QED) is 0.830. The van der Waals surface area contributed by atoms with Crippen LogP contribution in [0, 0.1) is 17.1 Å². The molecule has 21 heavy (non-hydrogen) atoms. The van der Waals surface area contributed by atoms with Crippen LogP contribution >= 0.6 is 0 Å². The van der Waals surface area contributed by atoms with Gasteiger partial charge in [0.05, 0.1) is 18.2 Å².